The zero-order valence-electron chi connectivity index (χ0n) is 13.5. The van der Waals surface area contributed by atoms with Crippen LogP contribution in [0.5, 0.6) is 0 Å². The quantitative estimate of drug-likeness (QED) is 0.161. The smallest absolute Gasteiger partial charge is 0.317 e. The van der Waals surface area contributed by atoms with Crippen LogP contribution in [0.15, 0.2) is 0 Å². The zero-order chi connectivity index (χ0) is 17.4. The van der Waals surface area contributed by atoms with Gasteiger partial charge in [-0.2, -0.15) is 0 Å². The first-order valence-corrected chi connectivity index (χ1v) is 7.88. The first-order chi connectivity index (χ1) is 10.3. The van der Waals surface area contributed by atoms with Crippen LogP contribution in [0.4, 0.5) is 0 Å². The molecule has 0 saturated carbocycles. The molecule has 0 aliphatic rings. The largest absolute Gasteiger partial charge is 0.481 e. The minimum atomic E-state index is -1.23. The second kappa shape index (κ2) is 15.6. The molecule has 0 bridgehead atoms. The van der Waals surface area contributed by atoms with Crippen molar-refractivity contribution in [1.29, 1.82) is 5.41 Å². The zero-order valence-corrected chi connectivity index (χ0v) is 13.5. The third-order valence-electron chi connectivity index (χ3n) is 3.19. The highest BCUT2D eigenvalue weighted by Crippen LogP contribution is 2.14. The number of hydrogen-bond donors (Lipinski definition) is 5. The molecule has 0 aromatic carbocycles. The van der Waals surface area contributed by atoms with E-state index in [-0.39, 0.29) is 12.4 Å². The van der Waals surface area contributed by atoms with Gasteiger partial charge in [-0.3, -0.25) is 15.0 Å². The van der Waals surface area contributed by atoms with Gasteiger partial charge >= 0.3 is 11.9 Å². The summed E-state index contributed by atoms with van der Waals surface area (Å²) >= 11 is 0. The maximum Gasteiger partial charge on any atom is 0.317 e. The Morgan fingerprint density at radius 3 is 1.50 bits per heavy atom. The lowest BCUT2D eigenvalue weighted by molar-refractivity contribution is -0.154. The van der Waals surface area contributed by atoms with Crippen LogP contribution in [-0.4, -0.2) is 28.1 Å². The summed E-state index contributed by atoms with van der Waals surface area (Å²) in [6, 6.07) is 0. The van der Waals surface area contributed by atoms with Gasteiger partial charge in [0.15, 0.2) is 11.9 Å². The number of nitrogens with two attached hydrogens (primary N) is 2. The highest BCUT2D eigenvalue weighted by molar-refractivity contribution is 5.92. The summed E-state index contributed by atoms with van der Waals surface area (Å²) in [5, 5.41) is 23.4. The summed E-state index contributed by atoms with van der Waals surface area (Å²) in [5.41, 5.74) is 8.94. The maximum atomic E-state index is 10.6. The molecule has 22 heavy (non-hydrogen) atoms. The van der Waals surface area contributed by atoms with Crippen molar-refractivity contribution in [3.05, 3.63) is 0 Å². The molecular weight excluding hydrogens is 286 g/mol. The second-order valence-corrected chi connectivity index (χ2v) is 5.30. The first-order valence-electron chi connectivity index (χ1n) is 7.88. The molecule has 0 saturated heterocycles. The Morgan fingerprint density at radius 1 is 0.864 bits per heavy atom. The predicted molar refractivity (Wildman–Crippen MR) is 86.7 cm³/mol. The molecule has 0 aromatic rings. The van der Waals surface area contributed by atoms with E-state index in [2.05, 4.69) is 18.4 Å². The van der Waals surface area contributed by atoms with Gasteiger partial charge in [0.2, 0.25) is 0 Å². The van der Waals surface area contributed by atoms with Crippen LogP contribution in [0.25, 0.3) is 0 Å². The van der Waals surface area contributed by atoms with E-state index in [1.165, 1.54) is 38.5 Å². The molecule has 0 radical (unpaired) electrons. The van der Waals surface area contributed by atoms with E-state index < -0.39 is 17.9 Å². The van der Waals surface area contributed by atoms with Crippen LogP contribution in [0, 0.1) is 11.3 Å². The van der Waals surface area contributed by atoms with Crippen LogP contribution in [-0.2, 0) is 9.59 Å². The van der Waals surface area contributed by atoms with Gasteiger partial charge in [-0.05, 0) is 6.42 Å². The highest BCUT2D eigenvalue weighted by Gasteiger charge is 2.24. The molecule has 7 nitrogen and oxygen atoms in total. The van der Waals surface area contributed by atoms with E-state index in [1.54, 1.807) is 0 Å². The summed E-state index contributed by atoms with van der Waals surface area (Å²) in [7, 11) is 0. The number of carboxylic acids is 2. The van der Waals surface area contributed by atoms with E-state index >= 15 is 0 Å². The minimum Gasteiger partial charge on any atom is -0.481 e. The fourth-order valence-corrected chi connectivity index (χ4v) is 2.01. The van der Waals surface area contributed by atoms with Crippen LogP contribution >= 0.6 is 0 Å². The average molecular weight is 317 g/mol. The van der Waals surface area contributed by atoms with Crippen LogP contribution in [0.1, 0.15) is 71.1 Å². The molecule has 0 amide bonds. The van der Waals surface area contributed by atoms with Crippen molar-refractivity contribution in [3.8, 4) is 0 Å². The average Bonchev–Trinajstić information content (AvgIpc) is 2.39. The van der Waals surface area contributed by atoms with Crippen molar-refractivity contribution in [2.45, 2.75) is 71.1 Å². The summed E-state index contributed by atoms with van der Waals surface area (Å²) < 4.78 is 0. The molecular formula is C15H31N3O4. The van der Waals surface area contributed by atoms with Gasteiger partial charge < -0.3 is 21.7 Å². The molecule has 7 N–H and O–H groups in total. The van der Waals surface area contributed by atoms with Crippen LogP contribution < -0.4 is 11.5 Å². The van der Waals surface area contributed by atoms with E-state index in [0.717, 1.165) is 12.8 Å². The van der Waals surface area contributed by atoms with Gasteiger partial charge in [-0.1, -0.05) is 64.7 Å². The van der Waals surface area contributed by atoms with Crippen molar-refractivity contribution in [1.82, 2.24) is 0 Å². The number of carboxylic acid groups (broad SMARTS) is 2. The van der Waals surface area contributed by atoms with Crippen LogP contribution in [0.2, 0.25) is 0 Å². The fourth-order valence-electron chi connectivity index (χ4n) is 2.01. The SMILES string of the molecule is CCCCCCCCCCCC(C(=O)O)C(=O)O.N=C(N)N. The molecule has 130 valence electrons. The van der Waals surface area contributed by atoms with E-state index in [4.69, 9.17) is 15.6 Å². The number of guanidine groups is 1. The van der Waals surface area contributed by atoms with Crippen LogP contribution in [0.3, 0.4) is 0 Å². The number of rotatable bonds is 12. The molecule has 0 heterocycles. The van der Waals surface area contributed by atoms with Gasteiger partial charge in [0.25, 0.3) is 0 Å². The molecule has 0 atom stereocenters. The molecule has 0 unspecified atom stereocenters. The number of aliphatic carboxylic acids is 2. The lowest BCUT2D eigenvalue weighted by Crippen LogP contribution is -2.23. The fraction of sp³-hybridized carbons (Fsp3) is 0.800. The number of unbranched alkanes of at least 4 members (excludes halogenated alkanes) is 8. The Balaban J connectivity index is 0. The maximum absolute atomic E-state index is 10.6. The molecule has 0 fully saturated rings. The van der Waals surface area contributed by atoms with Gasteiger partial charge in [-0.15, -0.1) is 0 Å². The number of hydrogen-bond acceptors (Lipinski definition) is 3. The van der Waals surface area contributed by atoms with Crippen molar-refractivity contribution in [3.63, 3.8) is 0 Å². The number of carbonyl (C=O) groups is 2. The summed E-state index contributed by atoms with van der Waals surface area (Å²) in [4.78, 5) is 21.3. The topological polar surface area (TPSA) is 150 Å². The molecule has 0 rings (SSSR count). The van der Waals surface area contributed by atoms with Crippen molar-refractivity contribution >= 4 is 17.9 Å². The Kier molecular flexibility index (Phi) is 15.9. The standard InChI is InChI=1S/C14H26O4.CH5N3/c1-2-3-4-5-6-7-8-9-10-11-12(13(15)16)14(17)18;2-1(3)4/h12H,2-11H2,1H3,(H,15,16)(H,17,18);(H5,2,3,4). The lowest BCUT2D eigenvalue weighted by Gasteiger charge is -2.06. The minimum absolute atomic E-state index is 0.250. The molecule has 0 aliphatic carbocycles. The Bertz CT molecular complexity index is 304. The second-order valence-electron chi connectivity index (χ2n) is 5.30. The molecule has 0 spiro atoms. The third-order valence-corrected chi connectivity index (χ3v) is 3.19. The van der Waals surface area contributed by atoms with Gasteiger partial charge in [0, 0.05) is 0 Å². The van der Waals surface area contributed by atoms with Crippen molar-refractivity contribution < 1.29 is 19.8 Å². The van der Waals surface area contributed by atoms with Crippen molar-refractivity contribution in [2.24, 2.45) is 17.4 Å². The summed E-state index contributed by atoms with van der Waals surface area (Å²) in [6.07, 6.45) is 10.5. The normalized spacial score (nSPS) is 9.91. The Morgan fingerprint density at radius 2 is 1.18 bits per heavy atom. The summed E-state index contributed by atoms with van der Waals surface area (Å²) in [5.74, 6) is -4.00. The summed E-state index contributed by atoms with van der Waals surface area (Å²) in [6.45, 7) is 2.20. The Hall–Kier alpha value is -1.79. The first kappa shape index (κ1) is 22.5. The predicted octanol–water partition coefficient (Wildman–Crippen LogP) is 2.53. The van der Waals surface area contributed by atoms with Gasteiger partial charge in [0.1, 0.15) is 0 Å². The van der Waals surface area contributed by atoms with E-state index in [1.807, 2.05) is 0 Å². The molecule has 7 heteroatoms. The van der Waals surface area contributed by atoms with Crippen molar-refractivity contribution in [2.75, 3.05) is 0 Å². The third kappa shape index (κ3) is 18.2. The van der Waals surface area contributed by atoms with Gasteiger partial charge in [-0.25, -0.2) is 0 Å². The van der Waals surface area contributed by atoms with E-state index in [9.17, 15) is 9.59 Å². The Labute approximate surface area is 132 Å². The van der Waals surface area contributed by atoms with E-state index in [0.29, 0.717) is 6.42 Å². The van der Waals surface area contributed by atoms with Gasteiger partial charge in [0.05, 0.1) is 0 Å². The lowest BCUT2D eigenvalue weighted by atomic mass is 10.00. The molecule has 0 aliphatic heterocycles. The molecule has 0 aromatic heterocycles. The highest BCUT2D eigenvalue weighted by atomic mass is 16.4. The monoisotopic (exact) mass is 317 g/mol. The number of nitrogens with one attached hydrogen (secondary N) is 1.